The van der Waals surface area contributed by atoms with Gasteiger partial charge in [0, 0.05) is 5.38 Å². The molecule has 0 radical (unpaired) electrons. The Kier molecular flexibility index (Phi) is 5.00. The highest BCUT2D eigenvalue weighted by Crippen LogP contribution is 2.15. The average molecular weight is 297 g/mol. The van der Waals surface area contributed by atoms with Crippen molar-refractivity contribution in [3.8, 4) is 5.75 Å². The maximum atomic E-state index is 12.0. The molecule has 0 aliphatic rings. The van der Waals surface area contributed by atoms with Gasteiger partial charge in [-0.1, -0.05) is 12.1 Å². The Morgan fingerprint density at radius 1 is 1.50 bits per heavy atom. The number of ether oxygens (including phenoxy) is 1. The minimum Gasteiger partial charge on any atom is -0.488 e. The number of hydrogen-bond donors (Lipinski definition) is 1. The molecule has 1 aromatic carbocycles. The van der Waals surface area contributed by atoms with Gasteiger partial charge in [-0.2, -0.15) is 5.10 Å². The number of hydrazone groups is 1. The zero-order valence-corrected chi connectivity index (χ0v) is 11.5. The molecule has 0 aliphatic carbocycles. The molecule has 0 unspecified atom stereocenters. The Balaban J connectivity index is 1.93. The number of hydrogen-bond acceptors (Lipinski definition) is 5. The Labute approximate surface area is 119 Å². The van der Waals surface area contributed by atoms with Crippen LogP contribution in [0.1, 0.15) is 11.3 Å². The van der Waals surface area contributed by atoms with Gasteiger partial charge in [0.25, 0.3) is 6.43 Å². The van der Waals surface area contributed by atoms with Gasteiger partial charge in [0.05, 0.1) is 11.9 Å². The SMILES string of the molecule is Cc1csc(NN=Cc2cccc(OCC(F)F)c2)n1. The summed E-state index contributed by atoms with van der Waals surface area (Å²) in [6.07, 6.45) is -0.909. The van der Waals surface area contributed by atoms with Crippen molar-refractivity contribution in [2.45, 2.75) is 13.3 Å². The van der Waals surface area contributed by atoms with Crippen LogP contribution in [0.3, 0.4) is 0 Å². The van der Waals surface area contributed by atoms with Gasteiger partial charge in [-0.15, -0.1) is 11.3 Å². The first-order valence-corrected chi connectivity index (χ1v) is 6.73. The van der Waals surface area contributed by atoms with Crippen molar-refractivity contribution in [1.29, 1.82) is 0 Å². The van der Waals surface area contributed by atoms with Gasteiger partial charge in [0.1, 0.15) is 12.4 Å². The molecule has 1 aromatic heterocycles. The number of nitrogens with zero attached hydrogens (tertiary/aromatic N) is 2. The third-order valence-corrected chi connectivity index (χ3v) is 3.09. The molecule has 1 N–H and O–H groups in total. The average Bonchev–Trinajstić information content (AvgIpc) is 2.83. The smallest absolute Gasteiger partial charge is 0.272 e. The maximum absolute atomic E-state index is 12.0. The summed E-state index contributed by atoms with van der Waals surface area (Å²) in [5.74, 6) is 0.388. The summed E-state index contributed by atoms with van der Waals surface area (Å²) in [4.78, 5) is 4.19. The summed E-state index contributed by atoms with van der Waals surface area (Å²) in [7, 11) is 0. The normalized spacial score (nSPS) is 11.2. The standard InChI is InChI=1S/C13H13F2N3OS/c1-9-8-20-13(17-9)18-16-6-10-3-2-4-11(5-10)19-7-12(14)15/h2-6,8,12H,7H2,1H3,(H,17,18). The fourth-order valence-electron chi connectivity index (χ4n) is 1.41. The highest BCUT2D eigenvalue weighted by atomic mass is 32.1. The van der Waals surface area contributed by atoms with Crippen LogP contribution < -0.4 is 10.2 Å². The molecule has 0 atom stereocenters. The number of aryl methyl sites for hydroxylation is 1. The molecule has 1 heterocycles. The molecule has 0 spiro atoms. The van der Waals surface area contributed by atoms with Crippen molar-refractivity contribution in [1.82, 2.24) is 4.98 Å². The number of thiazole rings is 1. The van der Waals surface area contributed by atoms with Crippen LogP contribution in [0.4, 0.5) is 13.9 Å². The van der Waals surface area contributed by atoms with Crippen LogP contribution in [0.2, 0.25) is 0 Å². The number of rotatable bonds is 6. The van der Waals surface area contributed by atoms with E-state index < -0.39 is 13.0 Å². The molecule has 0 amide bonds. The van der Waals surface area contributed by atoms with E-state index in [1.807, 2.05) is 12.3 Å². The molecule has 0 saturated heterocycles. The summed E-state index contributed by atoms with van der Waals surface area (Å²) in [5.41, 5.74) is 4.47. The third-order valence-electron chi connectivity index (χ3n) is 2.23. The van der Waals surface area contributed by atoms with Crippen molar-refractivity contribution in [2.24, 2.45) is 5.10 Å². The predicted molar refractivity (Wildman–Crippen MR) is 76.0 cm³/mol. The van der Waals surface area contributed by atoms with Crippen molar-refractivity contribution >= 4 is 22.7 Å². The second kappa shape index (κ2) is 6.95. The minimum atomic E-state index is -2.48. The molecular formula is C13H13F2N3OS. The molecule has 7 heteroatoms. The van der Waals surface area contributed by atoms with Crippen LogP contribution in [0, 0.1) is 6.92 Å². The van der Waals surface area contributed by atoms with Crippen molar-refractivity contribution in [2.75, 3.05) is 12.0 Å². The van der Waals surface area contributed by atoms with Gasteiger partial charge < -0.3 is 4.74 Å². The highest BCUT2D eigenvalue weighted by Gasteiger charge is 2.03. The number of aromatic nitrogens is 1. The van der Waals surface area contributed by atoms with E-state index in [-0.39, 0.29) is 0 Å². The van der Waals surface area contributed by atoms with E-state index in [9.17, 15) is 8.78 Å². The van der Waals surface area contributed by atoms with Crippen LogP contribution in [0.15, 0.2) is 34.7 Å². The summed E-state index contributed by atoms with van der Waals surface area (Å²) < 4.78 is 29.0. The molecule has 0 saturated carbocycles. The predicted octanol–water partition coefficient (Wildman–Crippen LogP) is 3.54. The van der Waals surface area contributed by atoms with Gasteiger partial charge >= 0.3 is 0 Å². The fourth-order valence-corrected chi connectivity index (χ4v) is 2.05. The topological polar surface area (TPSA) is 46.5 Å². The molecule has 2 rings (SSSR count). The first-order valence-electron chi connectivity index (χ1n) is 5.86. The van der Waals surface area contributed by atoms with Crippen molar-refractivity contribution in [3.63, 3.8) is 0 Å². The van der Waals surface area contributed by atoms with Crippen LogP contribution in [0.5, 0.6) is 5.75 Å². The number of nitrogens with one attached hydrogen (secondary N) is 1. The first-order chi connectivity index (χ1) is 9.63. The van der Waals surface area contributed by atoms with E-state index in [4.69, 9.17) is 4.74 Å². The molecular weight excluding hydrogens is 284 g/mol. The highest BCUT2D eigenvalue weighted by molar-refractivity contribution is 7.13. The van der Waals surface area contributed by atoms with Crippen LogP contribution in [0.25, 0.3) is 0 Å². The summed E-state index contributed by atoms with van der Waals surface area (Å²) in [6.45, 7) is 1.28. The van der Waals surface area contributed by atoms with E-state index in [0.717, 1.165) is 11.3 Å². The lowest BCUT2D eigenvalue weighted by atomic mass is 10.2. The van der Waals surface area contributed by atoms with E-state index in [1.165, 1.54) is 11.3 Å². The zero-order valence-electron chi connectivity index (χ0n) is 10.7. The minimum absolute atomic E-state index is 0.388. The molecule has 20 heavy (non-hydrogen) atoms. The van der Waals surface area contributed by atoms with Crippen molar-refractivity contribution in [3.05, 3.63) is 40.9 Å². The lowest BCUT2D eigenvalue weighted by molar-refractivity contribution is 0.0819. The Hall–Kier alpha value is -2.02. The molecule has 0 fully saturated rings. The van der Waals surface area contributed by atoms with Crippen molar-refractivity contribution < 1.29 is 13.5 Å². The number of halogens is 2. The summed E-state index contributed by atoms with van der Waals surface area (Å²) >= 11 is 1.46. The monoisotopic (exact) mass is 297 g/mol. The first kappa shape index (κ1) is 14.4. The lowest BCUT2D eigenvalue weighted by Gasteiger charge is -2.05. The maximum Gasteiger partial charge on any atom is 0.272 e. The number of anilines is 1. The Morgan fingerprint density at radius 3 is 3.05 bits per heavy atom. The quantitative estimate of drug-likeness (QED) is 0.655. The van der Waals surface area contributed by atoms with Gasteiger partial charge in [0.15, 0.2) is 0 Å². The van der Waals surface area contributed by atoms with E-state index >= 15 is 0 Å². The molecule has 2 aromatic rings. The third kappa shape index (κ3) is 4.58. The fraction of sp³-hybridized carbons (Fsp3) is 0.231. The van der Waals surface area contributed by atoms with Crippen LogP contribution in [-0.2, 0) is 0 Å². The molecule has 4 nitrogen and oxygen atoms in total. The van der Waals surface area contributed by atoms with E-state index in [2.05, 4.69) is 15.5 Å². The van der Waals surface area contributed by atoms with Crippen LogP contribution >= 0.6 is 11.3 Å². The van der Waals surface area contributed by atoms with Gasteiger partial charge in [-0.25, -0.2) is 13.8 Å². The zero-order chi connectivity index (χ0) is 14.4. The lowest BCUT2D eigenvalue weighted by Crippen LogP contribution is -2.07. The Bertz CT molecular complexity index is 587. The van der Waals surface area contributed by atoms with Gasteiger partial charge in [0.2, 0.25) is 5.13 Å². The summed E-state index contributed by atoms with van der Waals surface area (Å²) in [6, 6.07) is 6.78. The molecule has 0 aliphatic heterocycles. The number of alkyl halides is 2. The molecule has 106 valence electrons. The van der Waals surface area contributed by atoms with E-state index in [0.29, 0.717) is 10.9 Å². The van der Waals surface area contributed by atoms with Crippen LogP contribution in [-0.4, -0.2) is 24.2 Å². The van der Waals surface area contributed by atoms with Gasteiger partial charge in [-0.05, 0) is 24.6 Å². The second-order valence-electron chi connectivity index (χ2n) is 3.94. The van der Waals surface area contributed by atoms with E-state index in [1.54, 1.807) is 30.5 Å². The largest absolute Gasteiger partial charge is 0.488 e. The molecule has 0 bridgehead atoms. The van der Waals surface area contributed by atoms with Gasteiger partial charge in [-0.3, -0.25) is 5.43 Å². The second-order valence-corrected chi connectivity index (χ2v) is 4.80. The Morgan fingerprint density at radius 2 is 2.35 bits per heavy atom. The number of benzene rings is 1. The summed E-state index contributed by atoms with van der Waals surface area (Å²) in [5, 5.41) is 6.64.